The van der Waals surface area contributed by atoms with Crippen LogP contribution in [-0.4, -0.2) is 0 Å². The average Bonchev–Trinajstić information content (AvgIpc) is 2.32. The zero-order valence-corrected chi connectivity index (χ0v) is 13.4. The SMILES string of the molecule is CC(C)/C=C/c1ccc2c(c1)C(C)(C)CCC2(C)C. The summed E-state index contributed by atoms with van der Waals surface area (Å²) in [5, 5.41) is 0. The molecule has 0 atom stereocenters. The highest BCUT2D eigenvalue weighted by Crippen LogP contribution is 2.45. The van der Waals surface area contributed by atoms with Gasteiger partial charge in [-0.05, 0) is 46.3 Å². The van der Waals surface area contributed by atoms with Gasteiger partial charge in [-0.25, -0.2) is 0 Å². The van der Waals surface area contributed by atoms with Gasteiger partial charge in [0.25, 0.3) is 0 Å². The average molecular weight is 256 g/mol. The fourth-order valence-electron chi connectivity index (χ4n) is 3.01. The first-order valence-electron chi connectivity index (χ1n) is 7.56. The second-order valence-corrected chi connectivity index (χ2v) is 7.68. The van der Waals surface area contributed by atoms with Crippen LogP contribution in [0.25, 0.3) is 6.08 Å². The van der Waals surface area contributed by atoms with Crippen molar-refractivity contribution in [1.29, 1.82) is 0 Å². The molecule has 0 saturated carbocycles. The summed E-state index contributed by atoms with van der Waals surface area (Å²) in [6.45, 7) is 14.0. The molecule has 0 fully saturated rings. The highest BCUT2D eigenvalue weighted by atomic mass is 14.4. The molecule has 104 valence electrons. The van der Waals surface area contributed by atoms with E-state index < -0.39 is 0 Å². The number of hydrogen-bond donors (Lipinski definition) is 0. The third-order valence-electron chi connectivity index (χ3n) is 4.55. The van der Waals surface area contributed by atoms with Crippen molar-refractivity contribution in [2.24, 2.45) is 5.92 Å². The highest BCUT2D eigenvalue weighted by Gasteiger charge is 2.36. The van der Waals surface area contributed by atoms with Gasteiger partial charge in [0.1, 0.15) is 0 Å². The molecular formula is C19H28. The van der Waals surface area contributed by atoms with E-state index in [0.717, 1.165) is 0 Å². The quantitative estimate of drug-likeness (QED) is 0.636. The van der Waals surface area contributed by atoms with Crippen LogP contribution in [-0.2, 0) is 10.8 Å². The Morgan fingerprint density at radius 1 is 0.947 bits per heavy atom. The minimum absolute atomic E-state index is 0.312. The maximum absolute atomic E-state index is 2.41. The first kappa shape index (κ1) is 14.4. The van der Waals surface area contributed by atoms with E-state index in [1.807, 2.05) is 0 Å². The molecule has 0 bridgehead atoms. The summed E-state index contributed by atoms with van der Waals surface area (Å²) in [5.41, 5.74) is 5.08. The molecule has 1 aliphatic rings. The van der Waals surface area contributed by atoms with E-state index in [0.29, 0.717) is 16.7 Å². The second kappa shape index (κ2) is 4.81. The van der Waals surface area contributed by atoms with Crippen molar-refractivity contribution in [2.75, 3.05) is 0 Å². The first-order valence-corrected chi connectivity index (χ1v) is 7.56. The molecule has 2 rings (SSSR count). The smallest absolute Gasteiger partial charge is 0.0100 e. The molecule has 0 heterocycles. The van der Waals surface area contributed by atoms with Gasteiger partial charge in [-0.2, -0.15) is 0 Å². The lowest BCUT2D eigenvalue weighted by molar-refractivity contribution is 0.332. The molecule has 0 aromatic heterocycles. The summed E-state index contributed by atoms with van der Waals surface area (Å²) in [6, 6.07) is 7.05. The molecule has 0 unspecified atom stereocenters. The van der Waals surface area contributed by atoms with E-state index in [2.05, 4.69) is 71.9 Å². The molecule has 0 N–H and O–H groups in total. The summed E-state index contributed by atoms with van der Waals surface area (Å²) in [5.74, 6) is 0.612. The number of benzene rings is 1. The van der Waals surface area contributed by atoms with Gasteiger partial charge in [-0.3, -0.25) is 0 Å². The van der Waals surface area contributed by atoms with Crippen molar-refractivity contribution < 1.29 is 0 Å². The van der Waals surface area contributed by atoms with Crippen LogP contribution in [0, 0.1) is 5.92 Å². The normalized spacial score (nSPS) is 20.8. The van der Waals surface area contributed by atoms with Crippen LogP contribution in [0.4, 0.5) is 0 Å². The number of rotatable bonds is 2. The lowest BCUT2D eigenvalue weighted by atomic mass is 9.63. The second-order valence-electron chi connectivity index (χ2n) is 7.68. The van der Waals surface area contributed by atoms with Crippen molar-refractivity contribution in [1.82, 2.24) is 0 Å². The molecule has 1 aliphatic carbocycles. The minimum Gasteiger partial charge on any atom is -0.0814 e. The lowest BCUT2D eigenvalue weighted by Crippen LogP contribution is -2.33. The molecule has 1 aromatic carbocycles. The Kier molecular flexibility index (Phi) is 3.64. The molecular weight excluding hydrogens is 228 g/mol. The van der Waals surface area contributed by atoms with E-state index in [1.165, 1.54) is 18.4 Å². The predicted molar refractivity (Wildman–Crippen MR) is 85.6 cm³/mol. The Bertz CT molecular complexity index is 487. The number of fused-ring (bicyclic) bond motifs is 1. The zero-order chi connectivity index (χ0) is 14.3. The van der Waals surface area contributed by atoms with Crippen LogP contribution in [0.1, 0.15) is 71.1 Å². The third kappa shape index (κ3) is 2.94. The maximum atomic E-state index is 2.41. The molecule has 0 nitrogen and oxygen atoms in total. The molecule has 0 heteroatoms. The fourth-order valence-corrected chi connectivity index (χ4v) is 3.01. The summed E-state index contributed by atoms with van der Waals surface area (Å²) >= 11 is 0. The number of hydrogen-bond acceptors (Lipinski definition) is 0. The Morgan fingerprint density at radius 2 is 1.53 bits per heavy atom. The lowest BCUT2D eigenvalue weighted by Gasteiger charge is -2.42. The van der Waals surface area contributed by atoms with Gasteiger partial charge in [0, 0.05) is 0 Å². The Morgan fingerprint density at radius 3 is 2.11 bits per heavy atom. The maximum Gasteiger partial charge on any atom is -0.0100 e. The standard InChI is InChI=1S/C19H28/c1-14(2)7-8-15-9-10-16-17(13-15)19(5,6)12-11-18(16,3)4/h7-10,13-14H,11-12H2,1-6H3/b8-7+. The topological polar surface area (TPSA) is 0 Å². The van der Waals surface area contributed by atoms with Crippen molar-refractivity contribution in [3.05, 3.63) is 41.0 Å². The van der Waals surface area contributed by atoms with Gasteiger partial charge in [0.05, 0.1) is 0 Å². The Hall–Kier alpha value is -1.04. The van der Waals surface area contributed by atoms with E-state index in [4.69, 9.17) is 0 Å². The van der Waals surface area contributed by atoms with E-state index in [1.54, 1.807) is 11.1 Å². The molecule has 1 aromatic rings. The molecule has 0 aliphatic heterocycles. The van der Waals surface area contributed by atoms with Gasteiger partial charge >= 0.3 is 0 Å². The third-order valence-corrected chi connectivity index (χ3v) is 4.55. The van der Waals surface area contributed by atoms with Crippen LogP contribution in [0.3, 0.4) is 0 Å². The summed E-state index contributed by atoms with van der Waals surface area (Å²) in [4.78, 5) is 0. The van der Waals surface area contributed by atoms with Crippen LogP contribution < -0.4 is 0 Å². The van der Waals surface area contributed by atoms with Crippen LogP contribution in [0.15, 0.2) is 24.3 Å². The van der Waals surface area contributed by atoms with Gasteiger partial charge in [0.15, 0.2) is 0 Å². The largest absolute Gasteiger partial charge is 0.0814 e. The molecule has 0 saturated heterocycles. The van der Waals surface area contributed by atoms with E-state index in [-0.39, 0.29) is 0 Å². The predicted octanol–water partition coefficient (Wildman–Crippen LogP) is 5.70. The van der Waals surface area contributed by atoms with Crippen molar-refractivity contribution in [2.45, 2.75) is 65.2 Å². The first-order chi connectivity index (χ1) is 8.72. The van der Waals surface area contributed by atoms with Gasteiger partial charge in [0.2, 0.25) is 0 Å². The van der Waals surface area contributed by atoms with Gasteiger partial charge in [-0.1, -0.05) is 71.9 Å². The van der Waals surface area contributed by atoms with E-state index >= 15 is 0 Å². The Labute approximate surface area is 118 Å². The highest BCUT2D eigenvalue weighted by molar-refractivity contribution is 5.55. The minimum atomic E-state index is 0.312. The van der Waals surface area contributed by atoms with Crippen LogP contribution >= 0.6 is 0 Å². The van der Waals surface area contributed by atoms with Crippen molar-refractivity contribution >= 4 is 6.08 Å². The van der Waals surface area contributed by atoms with Gasteiger partial charge < -0.3 is 0 Å². The van der Waals surface area contributed by atoms with Crippen molar-refractivity contribution in [3.63, 3.8) is 0 Å². The molecule has 0 radical (unpaired) electrons. The van der Waals surface area contributed by atoms with Crippen LogP contribution in [0.5, 0.6) is 0 Å². The van der Waals surface area contributed by atoms with Gasteiger partial charge in [-0.15, -0.1) is 0 Å². The summed E-state index contributed by atoms with van der Waals surface area (Å²) < 4.78 is 0. The monoisotopic (exact) mass is 256 g/mol. The molecule has 0 spiro atoms. The molecule has 19 heavy (non-hydrogen) atoms. The Balaban J connectivity index is 2.47. The summed E-state index contributed by atoms with van der Waals surface area (Å²) in [6.07, 6.45) is 7.11. The molecule has 0 amide bonds. The summed E-state index contributed by atoms with van der Waals surface area (Å²) in [7, 11) is 0. The van der Waals surface area contributed by atoms with E-state index in [9.17, 15) is 0 Å². The zero-order valence-electron chi connectivity index (χ0n) is 13.4. The number of allylic oxidation sites excluding steroid dienone is 1. The fraction of sp³-hybridized carbons (Fsp3) is 0.579. The van der Waals surface area contributed by atoms with Crippen molar-refractivity contribution in [3.8, 4) is 0 Å². The van der Waals surface area contributed by atoms with Crippen LogP contribution in [0.2, 0.25) is 0 Å².